The maximum atomic E-state index is 10.9. The van der Waals surface area contributed by atoms with Crippen LogP contribution in [0.4, 0.5) is 0 Å². The zero-order valence-corrected chi connectivity index (χ0v) is 18.4. The van der Waals surface area contributed by atoms with Crippen molar-refractivity contribution in [3.05, 3.63) is 48.0 Å². The number of rotatable bonds is 11. The third-order valence-corrected chi connectivity index (χ3v) is 4.68. The van der Waals surface area contributed by atoms with Crippen molar-refractivity contribution >= 4 is 0 Å². The molecule has 0 saturated carbocycles. The van der Waals surface area contributed by atoms with Crippen LogP contribution in [-0.2, 0) is 6.42 Å². The predicted molar refractivity (Wildman–Crippen MR) is 115 cm³/mol. The lowest BCUT2D eigenvalue weighted by atomic mass is 10.0. The van der Waals surface area contributed by atoms with Gasteiger partial charge in [-0.05, 0) is 48.7 Å². The van der Waals surface area contributed by atoms with Gasteiger partial charge >= 0.3 is 0 Å². The van der Waals surface area contributed by atoms with Crippen molar-refractivity contribution < 1.29 is 33.5 Å². The zero-order chi connectivity index (χ0) is 22.3. The van der Waals surface area contributed by atoms with E-state index in [-0.39, 0.29) is 0 Å². The first-order valence-electron chi connectivity index (χ1n) is 9.44. The summed E-state index contributed by atoms with van der Waals surface area (Å²) in [5, 5.41) is 10.9. The maximum absolute atomic E-state index is 10.9. The van der Waals surface area contributed by atoms with Gasteiger partial charge in [0, 0.05) is 0 Å². The first-order chi connectivity index (χ1) is 14.4. The van der Waals surface area contributed by atoms with Crippen molar-refractivity contribution in [1.29, 1.82) is 0 Å². The minimum Gasteiger partial charge on any atom is -0.493 e. The van der Waals surface area contributed by atoms with E-state index in [2.05, 4.69) is 6.58 Å². The van der Waals surface area contributed by atoms with Gasteiger partial charge < -0.3 is 33.5 Å². The van der Waals surface area contributed by atoms with E-state index >= 15 is 0 Å². The molecule has 0 aliphatic carbocycles. The highest BCUT2D eigenvalue weighted by atomic mass is 16.6. The van der Waals surface area contributed by atoms with E-state index in [0.29, 0.717) is 46.5 Å². The van der Waals surface area contributed by atoms with Crippen LogP contribution in [-0.4, -0.2) is 46.8 Å². The highest BCUT2D eigenvalue weighted by Gasteiger charge is 2.25. The monoisotopic (exact) mass is 418 g/mol. The van der Waals surface area contributed by atoms with E-state index in [0.717, 1.165) is 5.56 Å². The summed E-state index contributed by atoms with van der Waals surface area (Å²) in [5.74, 6) is 2.77. The van der Waals surface area contributed by atoms with Crippen LogP contribution in [0.25, 0.3) is 0 Å². The van der Waals surface area contributed by atoms with Crippen LogP contribution in [0.1, 0.15) is 24.2 Å². The van der Waals surface area contributed by atoms with Gasteiger partial charge in [0.25, 0.3) is 0 Å². The first-order valence-corrected chi connectivity index (χ1v) is 9.44. The normalized spacial score (nSPS) is 12.5. The Morgan fingerprint density at radius 2 is 1.27 bits per heavy atom. The van der Waals surface area contributed by atoms with Crippen LogP contribution in [0, 0.1) is 0 Å². The smallest absolute Gasteiger partial charge is 0.203 e. The van der Waals surface area contributed by atoms with Crippen molar-refractivity contribution in [3.8, 4) is 34.5 Å². The van der Waals surface area contributed by atoms with E-state index in [9.17, 15) is 5.11 Å². The highest BCUT2D eigenvalue weighted by Crippen LogP contribution is 2.43. The number of ether oxygens (including phenoxy) is 6. The first kappa shape index (κ1) is 23.2. The number of benzene rings is 2. The second-order valence-electron chi connectivity index (χ2n) is 6.55. The molecule has 0 aromatic heterocycles. The van der Waals surface area contributed by atoms with E-state index in [4.69, 9.17) is 28.4 Å². The number of aliphatic hydroxyl groups excluding tert-OH is 1. The third-order valence-electron chi connectivity index (χ3n) is 4.68. The lowest BCUT2D eigenvalue weighted by Gasteiger charge is -2.24. The molecule has 2 aromatic carbocycles. The van der Waals surface area contributed by atoms with E-state index in [1.165, 1.54) is 21.3 Å². The van der Waals surface area contributed by atoms with Gasteiger partial charge in [0.2, 0.25) is 11.5 Å². The molecular formula is C23H30O7. The van der Waals surface area contributed by atoms with Gasteiger partial charge in [0.05, 0.1) is 35.5 Å². The van der Waals surface area contributed by atoms with Gasteiger partial charge in [0.15, 0.2) is 23.0 Å². The molecular weight excluding hydrogens is 388 g/mol. The molecule has 0 aliphatic rings. The molecule has 0 heterocycles. The van der Waals surface area contributed by atoms with Gasteiger partial charge in [0.1, 0.15) is 12.2 Å². The summed E-state index contributed by atoms with van der Waals surface area (Å²) in [6.07, 6.45) is 0.837. The quantitative estimate of drug-likeness (QED) is 0.554. The van der Waals surface area contributed by atoms with Crippen LogP contribution in [0.3, 0.4) is 0 Å². The fraction of sp³-hybridized carbons (Fsp3) is 0.391. The van der Waals surface area contributed by atoms with Crippen LogP contribution in [0.5, 0.6) is 34.5 Å². The predicted octanol–water partition coefficient (Wildman–Crippen LogP) is 3.96. The summed E-state index contributed by atoms with van der Waals surface area (Å²) in [4.78, 5) is 0. The van der Waals surface area contributed by atoms with Gasteiger partial charge in [-0.15, -0.1) is 6.58 Å². The number of hydrogen-bond donors (Lipinski definition) is 1. The molecule has 0 aliphatic heterocycles. The molecule has 1 N–H and O–H groups in total. The summed E-state index contributed by atoms with van der Waals surface area (Å²) < 4.78 is 33.1. The van der Waals surface area contributed by atoms with Gasteiger partial charge in [-0.1, -0.05) is 6.08 Å². The summed E-state index contributed by atoms with van der Waals surface area (Å²) in [6, 6.07) is 7.09. The number of allylic oxidation sites excluding steroid dienone is 1. The van der Waals surface area contributed by atoms with Crippen LogP contribution in [0.2, 0.25) is 0 Å². The standard InChI is InChI=1S/C23H30O7/c1-8-9-15-10-17(25-3)23(18(11-15)26-4)30-14(2)21(24)16-12-19(27-5)22(29-7)20(13-16)28-6/h8,10-14,21,24H,1,9H2,2-7H3/t14-,21-/m1/s1. The molecule has 2 atom stereocenters. The summed E-state index contributed by atoms with van der Waals surface area (Å²) in [6.45, 7) is 5.51. The van der Waals surface area contributed by atoms with Crippen LogP contribution < -0.4 is 28.4 Å². The Balaban J connectivity index is 2.38. The second kappa shape index (κ2) is 10.6. The fourth-order valence-electron chi connectivity index (χ4n) is 3.13. The lowest BCUT2D eigenvalue weighted by molar-refractivity contribution is 0.0431. The summed E-state index contributed by atoms with van der Waals surface area (Å²) >= 11 is 0. The maximum Gasteiger partial charge on any atom is 0.203 e. The minimum absolute atomic E-state index is 0.409. The lowest BCUT2D eigenvalue weighted by Crippen LogP contribution is -2.22. The second-order valence-corrected chi connectivity index (χ2v) is 6.55. The Hall–Kier alpha value is -3.06. The molecule has 164 valence electrons. The SMILES string of the molecule is C=CCc1cc(OC)c(O[C@H](C)[C@@H](O)c2cc(OC)c(OC)c(OC)c2)c(OC)c1. The largest absolute Gasteiger partial charge is 0.493 e. The van der Waals surface area contributed by atoms with Crippen molar-refractivity contribution in [2.45, 2.75) is 25.6 Å². The Labute approximate surface area is 177 Å². The fourth-order valence-corrected chi connectivity index (χ4v) is 3.13. The summed E-state index contributed by atoms with van der Waals surface area (Å²) in [5.41, 5.74) is 1.53. The molecule has 7 heteroatoms. The van der Waals surface area contributed by atoms with E-state index in [1.54, 1.807) is 39.4 Å². The van der Waals surface area contributed by atoms with Gasteiger partial charge in [-0.3, -0.25) is 0 Å². The molecule has 2 aromatic rings. The Morgan fingerprint density at radius 1 is 0.800 bits per heavy atom. The van der Waals surface area contributed by atoms with Crippen molar-refractivity contribution in [2.75, 3.05) is 35.5 Å². The van der Waals surface area contributed by atoms with Crippen molar-refractivity contribution in [3.63, 3.8) is 0 Å². The number of hydrogen-bond acceptors (Lipinski definition) is 7. The van der Waals surface area contributed by atoms with Crippen molar-refractivity contribution in [2.24, 2.45) is 0 Å². The van der Waals surface area contributed by atoms with Gasteiger partial charge in [-0.25, -0.2) is 0 Å². The molecule has 7 nitrogen and oxygen atoms in total. The summed E-state index contributed by atoms with van der Waals surface area (Å²) in [7, 11) is 7.68. The molecule has 30 heavy (non-hydrogen) atoms. The highest BCUT2D eigenvalue weighted by molar-refractivity contribution is 5.55. The molecule has 2 rings (SSSR count). The minimum atomic E-state index is -0.985. The number of methoxy groups -OCH3 is 5. The molecule has 0 saturated heterocycles. The average Bonchev–Trinajstić information content (AvgIpc) is 2.77. The van der Waals surface area contributed by atoms with Crippen LogP contribution >= 0.6 is 0 Å². The molecule has 0 spiro atoms. The number of aliphatic hydroxyl groups is 1. The Morgan fingerprint density at radius 3 is 1.67 bits per heavy atom. The van der Waals surface area contributed by atoms with Crippen molar-refractivity contribution in [1.82, 2.24) is 0 Å². The molecule has 0 fully saturated rings. The third kappa shape index (κ3) is 4.91. The molecule has 0 amide bonds. The van der Waals surface area contributed by atoms with E-state index < -0.39 is 12.2 Å². The Kier molecular flexibility index (Phi) is 8.24. The van der Waals surface area contributed by atoms with Gasteiger partial charge in [-0.2, -0.15) is 0 Å². The average molecular weight is 418 g/mol. The zero-order valence-electron chi connectivity index (χ0n) is 18.4. The molecule has 0 bridgehead atoms. The van der Waals surface area contributed by atoms with E-state index in [1.807, 2.05) is 12.1 Å². The molecule has 0 radical (unpaired) electrons. The van der Waals surface area contributed by atoms with Crippen LogP contribution in [0.15, 0.2) is 36.9 Å². The molecule has 0 unspecified atom stereocenters. The topological polar surface area (TPSA) is 75.6 Å². The Bertz CT molecular complexity index is 813.